The highest BCUT2D eigenvalue weighted by Gasteiger charge is 2.66. The number of hydrogen-bond acceptors (Lipinski definition) is 2. The molecule has 4 N–H and O–H groups in total. The van der Waals surface area contributed by atoms with Crippen molar-refractivity contribution in [2.24, 2.45) is 55.8 Å². The molecular formula is C30H50N2. The van der Waals surface area contributed by atoms with E-state index in [1.807, 2.05) is 0 Å². The summed E-state index contributed by atoms with van der Waals surface area (Å²) >= 11 is 0. The summed E-state index contributed by atoms with van der Waals surface area (Å²) in [7, 11) is 0. The first kappa shape index (κ1) is 23.2. The van der Waals surface area contributed by atoms with Crippen molar-refractivity contribution in [2.45, 2.75) is 112 Å². The third-order valence-corrected chi connectivity index (χ3v) is 12.9. The van der Waals surface area contributed by atoms with E-state index in [2.05, 4.69) is 60.6 Å². The van der Waals surface area contributed by atoms with Gasteiger partial charge in [-0.1, -0.05) is 66.2 Å². The second-order valence-corrected chi connectivity index (χ2v) is 14.8. The lowest BCUT2D eigenvalue weighted by atomic mass is 9.35. The van der Waals surface area contributed by atoms with E-state index in [0.29, 0.717) is 28.2 Å². The molecule has 0 spiro atoms. The molecule has 0 saturated heterocycles. The smallest absolute Gasteiger partial charge is 0.00933 e. The van der Waals surface area contributed by atoms with Crippen molar-refractivity contribution in [3.05, 3.63) is 23.3 Å². The van der Waals surface area contributed by atoms with Gasteiger partial charge in [-0.15, -0.1) is 0 Å². The number of hydrogen-bond donors (Lipinski definition) is 2. The van der Waals surface area contributed by atoms with Crippen LogP contribution in [0.15, 0.2) is 23.3 Å². The van der Waals surface area contributed by atoms with Gasteiger partial charge in [0.2, 0.25) is 0 Å². The first-order chi connectivity index (χ1) is 14.8. The molecule has 2 nitrogen and oxygen atoms in total. The molecule has 0 aromatic heterocycles. The van der Waals surface area contributed by atoms with Crippen molar-refractivity contribution in [1.82, 2.24) is 0 Å². The lowest BCUT2D eigenvalue weighted by Crippen LogP contribution is -2.64. The van der Waals surface area contributed by atoms with E-state index in [1.165, 1.54) is 57.8 Å². The van der Waals surface area contributed by atoms with Crippen molar-refractivity contribution in [1.29, 1.82) is 0 Å². The minimum Gasteiger partial charge on any atom is -0.330 e. The molecule has 0 bridgehead atoms. The predicted octanol–water partition coefficient (Wildman–Crippen LogP) is 6.99. The van der Waals surface area contributed by atoms with Gasteiger partial charge < -0.3 is 11.5 Å². The van der Waals surface area contributed by atoms with E-state index >= 15 is 0 Å². The maximum Gasteiger partial charge on any atom is 0.00933 e. The van der Waals surface area contributed by atoms with Gasteiger partial charge in [0.15, 0.2) is 0 Å². The average Bonchev–Trinajstić information content (AvgIpc) is 2.73. The molecule has 0 radical (unpaired) electrons. The SMILES string of the molecule is CC12CC[C@](C)(CN)CC1=C1C=CC3C4(C)CCC(N)C(C)(C)C4CCC3(C)[C@]1(C)CC2. The summed E-state index contributed by atoms with van der Waals surface area (Å²) in [5.74, 6) is 1.38. The third kappa shape index (κ3) is 2.72. The first-order valence-corrected chi connectivity index (χ1v) is 13.6. The van der Waals surface area contributed by atoms with Crippen LogP contribution in [0.2, 0.25) is 0 Å². The van der Waals surface area contributed by atoms with E-state index in [1.54, 1.807) is 11.1 Å². The Morgan fingerprint density at radius 3 is 2.25 bits per heavy atom. The molecule has 0 aromatic carbocycles. The van der Waals surface area contributed by atoms with Crippen LogP contribution in [0.5, 0.6) is 0 Å². The van der Waals surface area contributed by atoms with Gasteiger partial charge in [0, 0.05) is 6.04 Å². The van der Waals surface area contributed by atoms with Crippen LogP contribution < -0.4 is 11.5 Å². The molecule has 8 atom stereocenters. The fourth-order valence-corrected chi connectivity index (χ4v) is 9.97. The highest BCUT2D eigenvalue weighted by molar-refractivity contribution is 5.45. The zero-order chi connectivity index (χ0) is 23.4. The lowest BCUT2D eigenvalue weighted by molar-refractivity contribution is -0.155. The monoisotopic (exact) mass is 438 g/mol. The second-order valence-electron chi connectivity index (χ2n) is 14.8. The minimum atomic E-state index is 0.235. The quantitative estimate of drug-likeness (QED) is 0.463. The normalized spacial score (nSPS) is 54.3. The second kappa shape index (κ2) is 6.75. The Labute approximate surface area is 198 Å². The van der Waals surface area contributed by atoms with Gasteiger partial charge in [0.05, 0.1) is 0 Å². The van der Waals surface area contributed by atoms with Gasteiger partial charge in [-0.05, 0) is 114 Å². The van der Waals surface area contributed by atoms with Gasteiger partial charge in [-0.3, -0.25) is 0 Å². The van der Waals surface area contributed by atoms with E-state index in [0.717, 1.165) is 12.5 Å². The van der Waals surface area contributed by atoms with Crippen LogP contribution in [0.3, 0.4) is 0 Å². The zero-order valence-electron chi connectivity index (χ0n) is 22.1. The molecule has 32 heavy (non-hydrogen) atoms. The lowest BCUT2D eigenvalue weighted by Gasteiger charge is -2.69. The largest absolute Gasteiger partial charge is 0.330 e. The molecule has 6 unspecified atom stereocenters. The number of nitrogens with two attached hydrogens (primary N) is 2. The van der Waals surface area contributed by atoms with Crippen LogP contribution in [-0.4, -0.2) is 12.6 Å². The summed E-state index contributed by atoms with van der Waals surface area (Å²) in [6.07, 6.45) is 17.0. The molecule has 5 rings (SSSR count). The molecule has 3 fully saturated rings. The summed E-state index contributed by atoms with van der Waals surface area (Å²) in [5, 5.41) is 0. The topological polar surface area (TPSA) is 52.0 Å². The van der Waals surface area contributed by atoms with Gasteiger partial charge in [0.25, 0.3) is 0 Å². The Kier molecular flexibility index (Phi) is 4.88. The summed E-state index contributed by atoms with van der Waals surface area (Å²) in [6, 6.07) is 0.345. The Balaban J connectivity index is 1.64. The summed E-state index contributed by atoms with van der Waals surface area (Å²) in [5.41, 5.74) is 18.4. The van der Waals surface area contributed by atoms with Crippen molar-refractivity contribution in [3.8, 4) is 0 Å². The minimum absolute atomic E-state index is 0.235. The molecule has 0 heterocycles. The summed E-state index contributed by atoms with van der Waals surface area (Å²) in [4.78, 5) is 0. The van der Waals surface area contributed by atoms with Crippen LogP contribution in [0.25, 0.3) is 0 Å². The van der Waals surface area contributed by atoms with Crippen molar-refractivity contribution < 1.29 is 0 Å². The highest BCUT2D eigenvalue weighted by atomic mass is 14.8. The summed E-state index contributed by atoms with van der Waals surface area (Å²) in [6.45, 7) is 18.7. The van der Waals surface area contributed by atoms with Gasteiger partial charge in [0.1, 0.15) is 0 Å². The third-order valence-electron chi connectivity index (χ3n) is 12.9. The number of allylic oxidation sites excluding steroid dienone is 4. The highest BCUT2D eigenvalue weighted by Crippen LogP contribution is 2.74. The van der Waals surface area contributed by atoms with E-state index in [-0.39, 0.29) is 16.2 Å². The van der Waals surface area contributed by atoms with Crippen molar-refractivity contribution in [3.63, 3.8) is 0 Å². The molecule has 5 aliphatic carbocycles. The van der Waals surface area contributed by atoms with Crippen LogP contribution in [0.4, 0.5) is 0 Å². The van der Waals surface area contributed by atoms with Crippen LogP contribution in [-0.2, 0) is 0 Å². The maximum atomic E-state index is 6.70. The average molecular weight is 439 g/mol. The standard InChI is InChI=1S/C30H50N2/c1-25(2)22-10-13-30(7)23(28(22,5)12-11-24(25)32)9-8-20-21-18-26(3,19-31)14-15-27(21,4)16-17-29(20,30)6/h8-9,22-24H,10-19,31-32H2,1-7H3/t22?,23?,24?,26-,27?,28?,29+,30?/m0/s1. The molecule has 180 valence electrons. The number of fused-ring (bicyclic) bond motifs is 6. The predicted molar refractivity (Wildman–Crippen MR) is 136 cm³/mol. The number of rotatable bonds is 1. The molecule has 3 saturated carbocycles. The molecule has 0 aliphatic heterocycles. The van der Waals surface area contributed by atoms with E-state index < -0.39 is 0 Å². The molecule has 0 amide bonds. The molecule has 0 aromatic rings. The van der Waals surface area contributed by atoms with Gasteiger partial charge in [-0.2, -0.15) is 0 Å². The summed E-state index contributed by atoms with van der Waals surface area (Å²) < 4.78 is 0. The Bertz CT molecular complexity index is 868. The van der Waals surface area contributed by atoms with E-state index in [4.69, 9.17) is 11.5 Å². The van der Waals surface area contributed by atoms with Gasteiger partial charge >= 0.3 is 0 Å². The Hall–Kier alpha value is -0.600. The van der Waals surface area contributed by atoms with Gasteiger partial charge in [-0.25, -0.2) is 0 Å². The van der Waals surface area contributed by atoms with Crippen LogP contribution in [0.1, 0.15) is 106 Å². The Morgan fingerprint density at radius 2 is 1.56 bits per heavy atom. The fraction of sp³-hybridized carbons (Fsp3) is 0.867. The molecule has 5 aliphatic rings. The first-order valence-electron chi connectivity index (χ1n) is 13.6. The zero-order valence-corrected chi connectivity index (χ0v) is 22.1. The fourth-order valence-electron chi connectivity index (χ4n) is 9.97. The Morgan fingerprint density at radius 1 is 0.875 bits per heavy atom. The molecular weight excluding hydrogens is 388 g/mol. The maximum absolute atomic E-state index is 6.70. The van der Waals surface area contributed by atoms with Crippen molar-refractivity contribution in [2.75, 3.05) is 6.54 Å². The van der Waals surface area contributed by atoms with Crippen LogP contribution in [0, 0.1) is 44.3 Å². The van der Waals surface area contributed by atoms with E-state index in [9.17, 15) is 0 Å². The molecule has 2 heteroatoms. The van der Waals surface area contributed by atoms with Crippen molar-refractivity contribution >= 4 is 0 Å². The van der Waals surface area contributed by atoms with Crippen LogP contribution >= 0.6 is 0 Å².